The summed E-state index contributed by atoms with van der Waals surface area (Å²) in [5, 5.41) is 122. The second-order valence-corrected chi connectivity index (χ2v) is 19.6. The molecule has 0 aromatic carbocycles. The Labute approximate surface area is 411 Å². The number of allylic oxidation sites excluding steroid dienone is 12. The summed E-state index contributed by atoms with van der Waals surface area (Å²) in [6, 6.07) is -1.52. The van der Waals surface area contributed by atoms with Crippen LogP contribution >= 0.6 is 0 Å². The normalized spacial score (nSPS) is 46.1. The quantitative estimate of drug-likeness (QED) is 0.168. The molecule has 4 aliphatic rings. The molecule has 14 N–H and O–H groups in total. The Morgan fingerprint density at radius 2 is 1.23 bits per heavy atom. The molecule has 19 nitrogen and oxygen atoms in total. The van der Waals surface area contributed by atoms with Gasteiger partial charge in [-0.2, -0.15) is 0 Å². The lowest BCUT2D eigenvalue weighted by Gasteiger charge is -2.46. The van der Waals surface area contributed by atoms with E-state index in [-0.39, 0.29) is 37.6 Å². The Bertz CT molecular complexity index is 1820. The van der Waals surface area contributed by atoms with Gasteiger partial charge in [-0.15, -0.1) is 0 Å². The highest BCUT2D eigenvalue weighted by molar-refractivity contribution is 5.80. The van der Waals surface area contributed by atoms with E-state index in [2.05, 4.69) is 5.32 Å². The molecule has 0 radical (unpaired) electrons. The van der Waals surface area contributed by atoms with Crippen LogP contribution < -0.4 is 11.1 Å². The van der Waals surface area contributed by atoms with Gasteiger partial charge < -0.3 is 86.2 Å². The van der Waals surface area contributed by atoms with Crippen molar-refractivity contribution in [2.24, 2.45) is 23.5 Å². The molecule has 1 amide bonds. The fourth-order valence-corrected chi connectivity index (χ4v) is 8.99. The van der Waals surface area contributed by atoms with Gasteiger partial charge in [-0.05, 0) is 46.0 Å². The van der Waals surface area contributed by atoms with Crippen molar-refractivity contribution in [1.29, 1.82) is 0 Å². The van der Waals surface area contributed by atoms with E-state index < -0.39 is 153 Å². The molecule has 10 unspecified atom stereocenters. The van der Waals surface area contributed by atoms with Gasteiger partial charge >= 0.3 is 5.97 Å². The van der Waals surface area contributed by atoms with Crippen LogP contribution in [0.15, 0.2) is 85.1 Å². The standard InChI is InChI=1S/C51H80N2O17/c1-29-17-15-13-11-9-7-5-6-8-10-12-14-16-18-38(69-50-48(64)45(52)47(63)32(4)68-50)26-42-44(49(65)53-33-21-35(55)22-33)41(60)28-51(66,70-42)27-37(57)24-40(59)39(58)20-19-34(54)23-36(56)25-43(61)67-31(3)30(2)46(29)62/h5-18,29-42,44-48,50,54-60,62-64,66H,19-28,52H2,1-4H3,(H,53,65)/b6-5+,9-7+,10-8+,13-11+,14-12+,17-15+,18-16+/t29-,30-,31-,32+,33?,34?,35?,36?,37?,38?,39?,40?,41-,42-,44?,45-,46?,47?,48-,50-,51?/m0/s1. The summed E-state index contributed by atoms with van der Waals surface area (Å²) in [5.41, 5.74) is 6.10. The van der Waals surface area contributed by atoms with Gasteiger partial charge in [-0.1, -0.05) is 98.9 Å². The number of nitrogens with one attached hydrogen (secondary N) is 1. The summed E-state index contributed by atoms with van der Waals surface area (Å²) < 4.78 is 23.7. The zero-order valence-corrected chi connectivity index (χ0v) is 40.6. The van der Waals surface area contributed by atoms with Crippen molar-refractivity contribution in [3.8, 4) is 0 Å². The molecular weight excluding hydrogens is 913 g/mol. The summed E-state index contributed by atoms with van der Waals surface area (Å²) >= 11 is 0. The summed E-state index contributed by atoms with van der Waals surface area (Å²) in [6.45, 7) is 6.78. The van der Waals surface area contributed by atoms with Crippen molar-refractivity contribution in [3.63, 3.8) is 0 Å². The van der Waals surface area contributed by atoms with Gasteiger partial charge in [0.05, 0.1) is 91.6 Å². The third-order valence-electron chi connectivity index (χ3n) is 13.5. The topological polar surface area (TPSA) is 332 Å². The molecule has 3 heterocycles. The zero-order chi connectivity index (χ0) is 51.7. The monoisotopic (exact) mass is 993 g/mol. The molecule has 70 heavy (non-hydrogen) atoms. The van der Waals surface area contributed by atoms with Crippen LogP contribution in [0.5, 0.6) is 0 Å². The maximum atomic E-state index is 13.8. The number of aliphatic hydroxyl groups excluding tert-OH is 10. The van der Waals surface area contributed by atoms with Crippen LogP contribution in [-0.4, -0.2) is 178 Å². The Kier molecular flexibility index (Phi) is 24.2. The van der Waals surface area contributed by atoms with Crippen LogP contribution in [0, 0.1) is 17.8 Å². The van der Waals surface area contributed by atoms with Gasteiger partial charge in [0, 0.05) is 43.6 Å². The van der Waals surface area contributed by atoms with Crippen molar-refractivity contribution in [2.75, 3.05) is 0 Å². The molecule has 0 spiro atoms. The minimum absolute atomic E-state index is 0.100. The third-order valence-corrected chi connectivity index (χ3v) is 13.5. The number of nitrogens with two attached hydrogens (primary N) is 1. The first kappa shape index (κ1) is 59.1. The number of carbonyl (C=O) groups excluding carboxylic acids is 2. The van der Waals surface area contributed by atoms with Crippen molar-refractivity contribution < 1.29 is 84.7 Å². The number of rotatable bonds is 4. The smallest absolute Gasteiger partial charge is 0.308 e. The molecule has 19 atom stereocenters. The van der Waals surface area contributed by atoms with E-state index in [0.717, 1.165) is 0 Å². The van der Waals surface area contributed by atoms with Gasteiger partial charge in [-0.25, -0.2) is 0 Å². The van der Waals surface area contributed by atoms with Crippen LogP contribution in [0.1, 0.15) is 91.9 Å². The Morgan fingerprint density at radius 3 is 1.83 bits per heavy atom. The first-order valence-corrected chi connectivity index (χ1v) is 24.5. The van der Waals surface area contributed by atoms with Crippen LogP contribution in [0.4, 0.5) is 0 Å². The van der Waals surface area contributed by atoms with Crippen LogP contribution in [0.2, 0.25) is 0 Å². The van der Waals surface area contributed by atoms with E-state index >= 15 is 0 Å². The summed E-state index contributed by atoms with van der Waals surface area (Å²) in [4.78, 5) is 26.5. The molecule has 19 heteroatoms. The number of cyclic esters (lactones) is 1. The number of fused-ring (bicyclic) bond motifs is 2. The highest BCUT2D eigenvalue weighted by atomic mass is 16.7. The van der Waals surface area contributed by atoms with E-state index in [1.165, 1.54) is 0 Å². The molecule has 1 saturated carbocycles. The number of hydrogen-bond acceptors (Lipinski definition) is 18. The summed E-state index contributed by atoms with van der Waals surface area (Å²) in [7, 11) is 0. The fraction of sp³-hybridized carbons (Fsp3) is 0.686. The number of hydrogen-bond donors (Lipinski definition) is 13. The average molecular weight is 993 g/mol. The molecule has 3 aliphatic heterocycles. The van der Waals surface area contributed by atoms with E-state index in [1.54, 1.807) is 75.5 Å². The van der Waals surface area contributed by atoms with Crippen molar-refractivity contribution >= 4 is 11.9 Å². The second kappa shape index (κ2) is 28.7. The van der Waals surface area contributed by atoms with Gasteiger partial charge in [-0.3, -0.25) is 9.59 Å². The Balaban J connectivity index is 1.59. The Morgan fingerprint density at radius 1 is 0.643 bits per heavy atom. The van der Waals surface area contributed by atoms with Crippen molar-refractivity contribution in [3.05, 3.63) is 85.1 Å². The van der Waals surface area contributed by atoms with Crippen LogP contribution in [0.3, 0.4) is 0 Å². The predicted molar refractivity (Wildman–Crippen MR) is 257 cm³/mol. The molecule has 396 valence electrons. The number of amides is 1. The summed E-state index contributed by atoms with van der Waals surface area (Å²) in [5.74, 6) is -5.68. The first-order chi connectivity index (χ1) is 33.1. The molecule has 1 aliphatic carbocycles. The van der Waals surface area contributed by atoms with E-state index in [9.17, 15) is 65.8 Å². The maximum Gasteiger partial charge on any atom is 0.308 e. The van der Waals surface area contributed by atoms with Crippen LogP contribution in [0.25, 0.3) is 0 Å². The van der Waals surface area contributed by atoms with Gasteiger partial charge in [0.25, 0.3) is 0 Å². The fourth-order valence-electron chi connectivity index (χ4n) is 8.99. The molecule has 2 bridgehead atoms. The van der Waals surface area contributed by atoms with Crippen LogP contribution in [-0.2, 0) is 28.5 Å². The Hall–Kier alpha value is -3.48. The van der Waals surface area contributed by atoms with Crippen molar-refractivity contribution in [2.45, 2.75) is 202 Å². The zero-order valence-electron chi connectivity index (χ0n) is 40.6. The highest BCUT2D eigenvalue weighted by Crippen LogP contribution is 2.39. The first-order valence-electron chi connectivity index (χ1n) is 24.5. The molecular formula is C51H80N2O17. The van der Waals surface area contributed by atoms with Gasteiger partial charge in [0.15, 0.2) is 12.1 Å². The largest absolute Gasteiger partial charge is 0.462 e. The second-order valence-electron chi connectivity index (χ2n) is 19.6. The number of aliphatic hydroxyl groups is 11. The molecule has 0 aromatic heterocycles. The SMILES string of the molecule is C[C@@H]1OC(=O)CC(O)CC(O)CCC(O)C(O)CC(O)CC2(O)C[C@H](O)C(C(=O)NC3CC(O)C3)[C@H](CC(O[C@@H]3O[C@H](C)C(O)[C@H](N)[C@@H]3O)/C=C/C=C/C=C/C=C/C=C/C=C/C=C/[C@H](C)C(O)[C@H]1C)O2. The highest BCUT2D eigenvalue weighted by Gasteiger charge is 2.51. The lowest BCUT2D eigenvalue weighted by atomic mass is 9.81. The van der Waals surface area contributed by atoms with E-state index in [1.807, 2.05) is 37.3 Å². The number of esters is 1. The molecule has 4 rings (SSSR count). The average Bonchev–Trinajstić information content (AvgIpc) is 3.27. The maximum absolute atomic E-state index is 13.8. The molecule has 0 aromatic rings. The molecule has 2 saturated heterocycles. The predicted octanol–water partition coefficient (Wildman–Crippen LogP) is 0.267. The third kappa shape index (κ3) is 18.8. The van der Waals surface area contributed by atoms with E-state index in [4.69, 9.17) is 24.7 Å². The minimum atomic E-state index is -2.29. The van der Waals surface area contributed by atoms with Gasteiger partial charge in [0.2, 0.25) is 5.91 Å². The summed E-state index contributed by atoms with van der Waals surface area (Å²) in [6.07, 6.45) is 4.44. The van der Waals surface area contributed by atoms with Gasteiger partial charge in [0.1, 0.15) is 12.2 Å². The lowest BCUT2D eigenvalue weighted by Crippen LogP contribution is -2.62. The van der Waals surface area contributed by atoms with Crippen molar-refractivity contribution in [1.82, 2.24) is 5.32 Å². The number of ether oxygens (including phenoxy) is 4. The minimum Gasteiger partial charge on any atom is -0.462 e. The van der Waals surface area contributed by atoms with E-state index in [0.29, 0.717) is 12.8 Å². The molecule has 3 fully saturated rings. The lowest BCUT2D eigenvalue weighted by molar-refractivity contribution is -0.307. The number of carbonyl (C=O) groups is 2.